The highest BCUT2D eigenvalue weighted by atomic mass is 19.1. The molecule has 0 radical (unpaired) electrons. The molecule has 0 bridgehead atoms. The molecule has 3 fully saturated rings. The number of alkyl halides is 1. The monoisotopic (exact) mass is 592 g/mol. The van der Waals surface area contributed by atoms with E-state index >= 15 is 0 Å². The lowest BCUT2D eigenvalue weighted by molar-refractivity contribution is 0.101. The molecule has 1 aliphatic carbocycles. The first kappa shape index (κ1) is 31.0. The van der Waals surface area contributed by atoms with Crippen molar-refractivity contribution in [2.75, 3.05) is 56.0 Å². The van der Waals surface area contributed by atoms with Gasteiger partial charge in [0.2, 0.25) is 5.95 Å². The van der Waals surface area contributed by atoms with Crippen molar-refractivity contribution in [2.45, 2.75) is 72.0 Å². The molecule has 0 spiro atoms. The van der Waals surface area contributed by atoms with E-state index in [1.807, 2.05) is 32.2 Å². The van der Waals surface area contributed by atoms with Crippen LogP contribution in [0.15, 0.2) is 29.3 Å². The maximum Gasteiger partial charge on any atom is 0.263 e. The molecule has 3 aliphatic rings. The van der Waals surface area contributed by atoms with Crippen LogP contribution in [0.2, 0.25) is 0 Å². The molecule has 11 heteroatoms. The number of fused-ring (bicyclic) bond motifs is 1. The van der Waals surface area contributed by atoms with Gasteiger partial charge in [0.05, 0.1) is 17.4 Å². The number of rotatable bonds is 7. The third-order valence-corrected chi connectivity index (χ3v) is 9.01. The molecule has 232 valence electrons. The number of aromatic nitrogens is 4. The van der Waals surface area contributed by atoms with Crippen LogP contribution in [0.25, 0.3) is 11.0 Å². The summed E-state index contributed by atoms with van der Waals surface area (Å²) >= 11 is 0. The van der Waals surface area contributed by atoms with Crippen molar-refractivity contribution in [1.82, 2.24) is 29.7 Å². The average molecular weight is 593 g/mol. The summed E-state index contributed by atoms with van der Waals surface area (Å²) in [6.07, 6.45) is 7.59. The molecule has 6 rings (SSSR count). The Morgan fingerprint density at radius 1 is 1.07 bits per heavy atom. The highest BCUT2D eigenvalue weighted by Gasteiger charge is 2.28. The fourth-order valence-electron chi connectivity index (χ4n) is 6.67. The number of nitrogens with zero attached hydrogens (tertiary/aromatic N) is 6. The first-order chi connectivity index (χ1) is 20.9. The zero-order chi connectivity index (χ0) is 30.5. The number of carbonyl (C=O) groups excluding carboxylic acids is 1. The van der Waals surface area contributed by atoms with Gasteiger partial charge in [-0.25, -0.2) is 14.4 Å². The maximum atomic E-state index is 14.2. The quantitative estimate of drug-likeness (QED) is 0.379. The summed E-state index contributed by atoms with van der Waals surface area (Å²) < 4.78 is 16.0. The Kier molecular flexibility index (Phi) is 10.0. The molecule has 1 saturated carbocycles. The van der Waals surface area contributed by atoms with Gasteiger partial charge in [0, 0.05) is 62.8 Å². The van der Waals surface area contributed by atoms with Crippen molar-refractivity contribution in [2.24, 2.45) is 5.92 Å². The Labute approximate surface area is 253 Å². The lowest BCUT2D eigenvalue weighted by Gasteiger charge is -2.39. The highest BCUT2D eigenvalue weighted by molar-refractivity contribution is 5.99. The van der Waals surface area contributed by atoms with E-state index in [4.69, 9.17) is 4.98 Å². The van der Waals surface area contributed by atoms with Crippen molar-refractivity contribution in [3.63, 3.8) is 0 Å². The highest BCUT2D eigenvalue weighted by Crippen LogP contribution is 2.32. The smallest absolute Gasteiger partial charge is 0.263 e. The van der Waals surface area contributed by atoms with E-state index in [2.05, 4.69) is 30.4 Å². The topological polar surface area (TPSA) is 108 Å². The number of halogens is 1. The number of ketones is 1. The minimum absolute atomic E-state index is 0.0300. The largest absolute Gasteiger partial charge is 0.368 e. The Morgan fingerprint density at radius 3 is 2.47 bits per heavy atom. The van der Waals surface area contributed by atoms with Crippen LogP contribution in [-0.2, 0) is 0 Å². The van der Waals surface area contributed by atoms with Gasteiger partial charge in [-0.1, -0.05) is 26.7 Å². The Morgan fingerprint density at radius 2 is 1.81 bits per heavy atom. The molecule has 5 heterocycles. The molecule has 0 amide bonds. The van der Waals surface area contributed by atoms with E-state index in [0.29, 0.717) is 29.5 Å². The third-order valence-electron chi connectivity index (χ3n) is 9.01. The molecule has 2 unspecified atom stereocenters. The van der Waals surface area contributed by atoms with Gasteiger partial charge in [-0.2, -0.15) is 4.98 Å². The SMILES string of the molecule is CC.CC(=O)c1c(C)c2cnc(Nc3ccc(N4CCN(CC5CCNCC5F)CC4)cn3)nc2n(C2CCCC2)c1=O. The number of pyridine rings is 2. The van der Waals surface area contributed by atoms with Crippen LogP contribution in [-0.4, -0.2) is 82.2 Å². The summed E-state index contributed by atoms with van der Waals surface area (Å²) in [5.41, 5.74) is 2.19. The number of aryl methyl sites for hydroxylation is 1. The summed E-state index contributed by atoms with van der Waals surface area (Å²) in [6, 6.07) is 3.97. The van der Waals surface area contributed by atoms with Crippen LogP contribution in [0.5, 0.6) is 0 Å². The molecule has 3 aromatic rings. The standard InChI is InChI=1S/C30H39FN8O2.C2H6/c1-19-24-16-34-30(36-28(24)39(22-5-3-4-6-22)29(41)27(19)20(2)40)35-26-8-7-23(15-33-26)38-13-11-37(12-14-38)18-21-9-10-32-17-25(21)31;1-2/h7-8,15-16,21-22,25,32H,3-6,9-14,17-18H2,1-2H3,(H,33,34,35,36);1-2H3. The number of nitrogens with one attached hydrogen (secondary N) is 2. The van der Waals surface area contributed by atoms with Crippen molar-refractivity contribution in [1.29, 1.82) is 0 Å². The molecule has 0 aromatic carbocycles. The molecule has 2 atom stereocenters. The zero-order valence-electron chi connectivity index (χ0n) is 25.9. The average Bonchev–Trinajstić information content (AvgIpc) is 3.55. The lowest BCUT2D eigenvalue weighted by atomic mass is 9.95. The van der Waals surface area contributed by atoms with Crippen LogP contribution in [0, 0.1) is 12.8 Å². The molecular weight excluding hydrogens is 547 g/mol. The van der Waals surface area contributed by atoms with Crippen molar-refractivity contribution < 1.29 is 9.18 Å². The van der Waals surface area contributed by atoms with Gasteiger partial charge in [-0.15, -0.1) is 0 Å². The number of hydrogen-bond donors (Lipinski definition) is 2. The molecule has 43 heavy (non-hydrogen) atoms. The summed E-state index contributed by atoms with van der Waals surface area (Å²) in [5.74, 6) is 0.861. The zero-order valence-corrected chi connectivity index (χ0v) is 25.9. The summed E-state index contributed by atoms with van der Waals surface area (Å²) in [5, 5.41) is 7.05. The molecule has 10 nitrogen and oxygen atoms in total. The van der Waals surface area contributed by atoms with E-state index in [1.54, 1.807) is 17.7 Å². The number of carbonyl (C=O) groups is 1. The van der Waals surface area contributed by atoms with Gasteiger partial charge >= 0.3 is 0 Å². The summed E-state index contributed by atoms with van der Waals surface area (Å²) in [6.45, 7) is 13.0. The van der Waals surface area contributed by atoms with Crippen molar-refractivity contribution in [3.8, 4) is 0 Å². The molecule has 3 aromatic heterocycles. The van der Waals surface area contributed by atoms with E-state index in [1.165, 1.54) is 6.92 Å². The van der Waals surface area contributed by atoms with Crippen LogP contribution in [0.3, 0.4) is 0 Å². The van der Waals surface area contributed by atoms with E-state index in [9.17, 15) is 14.0 Å². The summed E-state index contributed by atoms with van der Waals surface area (Å²) in [4.78, 5) is 44.4. The van der Waals surface area contributed by atoms with Gasteiger partial charge in [0.15, 0.2) is 5.78 Å². The first-order valence-electron chi connectivity index (χ1n) is 15.9. The molecule has 2 saturated heterocycles. The van der Waals surface area contributed by atoms with E-state index in [-0.39, 0.29) is 28.9 Å². The Balaban J connectivity index is 0.00000180. The number of piperidine rings is 1. The van der Waals surface area contributed by atoms with Crippen molar-refractivity contribution in [3.05, 3.63) is 46.0 Å². The van der Waals surface area contributed by atoms with E-state index < -0.39 is 6.17 Å². The second kappa shape index (κ2) is 13.9. The van der Waals surface area contributed by atoms with E-state index in [0.717, 1.165) is 82.4 Å². The first-order valence-corrected chi connectivity index (χ1v) is 15.9. The summed E-state index contributed by atoms with van der Waals surface area (Å²) in [7, 11) is 0. The fraction of sp³-hybridized carbons (Fsp3) is 0.594. The van der Waals surface area contributed by atoms with Gasteiger partial charge in [0.1, 0.15) is 17.6 Å². The predicted octanol–water partition coefficient (Wildman–Crippen LogP) is 4.65. The number of Topliss-reactive ketones (excluding diaryl/α,β-unsaturated/α-hetero) is 1. The number of piperazine rings is 1. The minimum atomic E-state index is -0.755. The van der Waals surface area contributed by atoms with Crippen molar-refractivity contribution >= 4 is 34.3 Å². The second-order valence-electron chi connectivity index (χ2n) is 11.7. The minimum Gasteiger partial charge on any atom is -0.368 e. The second-order valence-corrected chi connectivity index (χ2v) is 11.7. The van der Waals surface area contributed by atoms with Crippen LogP contribution in [0.4, 0.5) is 21.8 Å². The molecule has 2 N–H and O–H groups in total. The molecule has 2 aliphatic heterocycles. The van der Waals surface area contributed by atoms with Gasteiger partial charge in [-0.3, -0.25) is 19.1 Å². The number of anilines is 3. The number of hydrogen-bond acceptors (Lipinski definition) is 9. The molecular formula is C32H45FN8O2. The maximum absolute atomic E-state index is 14.2. The predicted molar refractivity (Wildman–Crippen MR) is 169 cm³/mol. The normalized spacial score (nSPS) is 21.5. The third kappa shape index (κ3) is 6.72. The van der Waals surface area contributed by atoms with Gasteiger partial charge in [0.25, 0.3) is 5.56 Å². The van der Waals surface area contributed by atoms with Gasteiger partial charge in [-0.05, 0) is 57.4 Å². The fourth-order valence-corrected chi connectivity index (χ4v) is 6.67. The van der Waals surface area contributed by atoms with Crippen LogP contribution >= 0.6 is 0 Å². The van der Waals surface area contributed by atoms with Crippen LogP contribution < -0.4 is 21.1 Å². The lowest BCUT2D eigenvalue weighted by Crippen LogP contribution is -2.50. The van der Waals surface area contributed by atoms with Gasteiger partial charge < -0.3 is 15.5 Å². The Hall–Kier alpha value is -3.44. The Bertz CT molecular complexity index is 1460. The van der Waals surface area contributed by atoms with Crippen LogP contribution in [0.1, 0.15) is 74.8 Å².